The van der Waals surface area contributed by atoms with Crippen LogP contribution < -0.4 is 4.74 Å². The topological polar surface area (TPSA) is 26.3 Å². The van der Waals surface area contributed by atoms with E-state index in [9.17, 15) is 4.79 Å². The average molecular weight is 242 g/mol. The summed E-state index contributed by atoms with van der Waals surface area (Å²) < 4.78 is 6.00. The highest BCUT2D eigenvalue weighted by Gasteiger charge is 2.49. The monoisotopic (exact) mass is 242 g/mol. The van der Waals surface area contributed by atoms with Crippen LogP contribution in [0.4, 0.5) is 0 Å². The van der Waals surface area contributed by atoms with Gasteiger partial charge < -0.3 is 4.74 Å². The quantitative estimate of drug-likeness (QED) is 0.794. The van der Waals surface area contributed by atoms with Gasteiger partial charge in [0, 0.05) is 12.0 Å². The first-order valence-corrected chi connectivity index (χ1v) is 6.72. The van der Waals surface area contributed by atoms with Crippen LogP contribution in [0.15, 0.2) is 35.9 Å². The second-order valence-corrected chi connectivity index (χ2v) is 5.15. The molecular weight excluding hydrogens is 224 g/mol. The van der Waals surface area contributed by atoms with Gasteiger partial charge in [0.25, 0.3) is 0 Å². The molecule has 1 aliphatic heterocycles. The molecule has 1 aliphatic carbocycles. The van der Waals surface area contributed by atoms with Gasteiger partial charge in [0.1, 0.15) is 11.9 Å². The molecule has 0 N–H and O–H groups in total. The highest BCUT2D eigenvalue weighted by Crippen LogP contribution is 2.50. The molecule has 0 amide bonds. The number of ether oxygens (including phenoxy) is 1. The van der Waals surface area contributed by atoms with Gasteiger partial charge in [0.15, 0.2) is 5.78 Å². The van der Waals surface area contributed by atoms with E-state index in [1.807, 2.05) is 12.1 Å². The number of ketones is 1. The number of hydrogen-bond donors (Lipinski definition) is 0. The Bertz CT molecular complexity index is 530. The minimum Gasteiger partial charge on any atom is -0.488 e. The first-order valence-electron chi connectivity index (χ1n) is 6.72. The lowest BCUT2D eigenvalue weighted by Crippen LogP contribution is -2.41. The molecule has 1 aromatic carbocycles. The normalized spacial score (nSPS) is 29.3. The molecular formula is C16H18O2. The Morgan fingerprint density at radius 3 is 2.83 bits per heavy atom. The summed E-state index contributed by atoms with van der Waals surface area (Å²) in [4.78, 5) is 12.0. The lowest BCUT2D eigenvalue weighted by atomic mass is 9.68. The number of fused-ring (bicyclic) bond motifs is 3. The smallest absolute Gasteiger partial charge is 0.162 e. The summed E-state index contributed by atoms with van der Waals surface area (Å²) in [7, 11) is 0. The molecule has 2 aliphatic rings. The number of benzene rings is 1. The molecule has 18 heavy (non-hydrogen) atoms. The molecule has 0 aromatic heterocycles. The summed E-state index contributed by atoms with van der Waals surface area (Å²) in [5, 5.41) is 0. The van der Waals surface area contributed by atoms with Crippen molar-refractivity contribution in [2.45, 2.75) is 44.6 Å². The molecule has 94 valence electrons. The first-order chi connectivity index (χ1) is 8.71. The van der Waals surface area contributed by atoms with Gasteiger partial charge >= 0.3 is 0 Å². The molecule has 2 nitrogen and oxygen atoms in total. The van der Waals surface area contributed by atoms with E-state index in [-0.39, 0.29) is 17.3 Å². The fourth-order valence-electron chi connectivity index (χ4n) is 3.29. The Morgan fingerprint density at radius 2 is 2.11 bits per heavy atom. The van der Waals surface area contributed by atoms with Gasteiger partial charge in [0.2, 0.25) is 0 Å². The zero-order chi connectivity index (χ0) is 12.8. The van der Waals surface area contributed by atoms with E-state index in [1.54, 1.807) is 0 Å². The summed E-state index contributed by atoms with van der Waals surface area (Å²) in [6.07, 6.45) is 4.47. The maximum atomic E-state index is 12.0. The minimum atomic E-state index is -0.0875. The SMILES string of the molecule is CCC1=CC2(CC)c3ccccc3OC2CC1=O. The molecule has 0 spiro atoms. The summed E-state index contributed by atoms with van der Waals surface area (Å²) in [5.41, 5.74) is 2.12. The lowest BCUT2D eigenvalue weighted by molar-refractivity contribution is -0.118. The van der Waals surface area contributed by atoms with Gasteiger partial charge in [-0.25, -0.2) is 0 Å². The number of rotatable bonds is 2. The first kappa shape index (κ1) is 11.5. The van der Waals surface area contributed by atoms with Gasteiger partial charge in [-0.05, 0) is 24.5 Å². The number of para-hydroxylation sites is 1. The molecule has 1 heterocycles. The third kappa shape index (κ3) is 1.38. The van der Waals surface area contributed by atoms with Crippen LogP contribution in [-0.4, -0.2) is 11.9 Å². The second-order valence-electron chi connectivity index (χ2n) is 5.15. The van der Waals surface area contributed by atoms with Crippen molar-refractivity contribution in [3.8, 4) is 5.75 Å². The number of carbonyl (C=O) groups excluding carboxylic acids is 1. The van der Waals surface area contributed by atoms with E-state index in [2.05, 4.69) is 32.1 Å². The third-order valence-electron chi connectivity index (χ3n) is 4.36. The number of hydrogen-bond acceptors (Lipinski definition) is 2. The van der Waals surface area contributed by atoms with E-state index in [0.717, 1.165) is 24.2 Å². The Balaban J connectivity index is 2.18. The summed E-state index contributed by atoms with van der Waals surface area (Å²) in [6.45, 7) is 4.23. The fraction of sp³-hybridized carbons (Fsp3) is 0.438. The van der Waals surface area contributed by atoms with Crippen molar-refractivity contribution in [2.75, 3.05) is 0 Å². The van der Waals surface area contributed by atoms with Crippen LogP contribution in [0.5, 0.6) is 5.75 Å². The Labute approximate surface area is 108 Å². The summed E-state index contributed by atoms with van der Waals surface area (Å²) in [5.74, 6) is 1.20. The highest BCUT2D eigenvalue weighted by molar-refractivity contribution is 5.97. The number of carbonyl (C=O) groups is 1. The molecule has 0 saturated heterocycles. The van der Waals surface area contributed by atoms with Crippen LogP contribution in [0.2, 0.25) is 0 Å². The zero-order valence-electron chi connectivity index (χ0n) is 10.9. The Kier molecular flexibility index (Phi) is 2.54. The van der Waals surface area contributed by atoms with Crippen molar-refractivity contribution in [1.82, 2.24) is 0 Å². The number of allylic oxidation sites excluding steroid dienone is 1. The van der Waals surface area contributed by atoms with Crippen molar-refractivity contribution >= 4 is 5.78 Å². The van der Waals surface area contributed by atoms with E-state index in [0.29, 0.717) is 6.42 Å². The van der Waals surface area contributed by atoms with Crippen molar-refractivity contribution in [1.29, 1.82) is 0 Å². The molecule has 0 bridgehead atoms. The molecule has 1 aromatic rings. The van der Waals surface area contributed by atoms with Crippen LogP contribution in [0.1, 0.15) is 38.7 Å². The largest absolute Gasteiger partial charge is 0.488 e. The lowest BCUT2D eigenvalue weighted by Gasteiger charge is -2.34. The molecule has 0 radical (unpaired) electrons. The molecule has 2 unspecified atom stereocenters. The minimum absolute atomic E-state index is 0.0114. The average Bonchev–Trinajstić information content (AvgIpc) is 2.71. The molecule has 0 saturated carbocycles. The summed E-state index contributed by atoms with van der Waals surface area (Å²) in [6, 6.07) is 8.19. The molecule has 2 heteroatoms. The second kappa shape index (κ2) is 3.98. The third-order valence-corrected chi connectivity index (χ3v) is 4.36. The predicted molar refractivity (Wildman–Crippen MR) is 70.8 cm³/mol. The van der Waals surface area contributed by atoms with Crippen LogP contribution in [-0.2, 0) is 10.2 Å². The van der Waals surface area contributed by atoms with E-state index >= 15 is 0 Å². The standard InChI is InChI=1S/C16H18O2/c1-3-11-10-16(4-2)12-7-5-6-8-14(12)18-15(16)9-13(11)17/h5-8,10,15H,3-4,9H2,1-2H3. The van der Waals surface area contributed by atoms with Crippen molar-refractivity contribution < 1.29 is 9.53 Å². The van der Waals surface area contributed by atoms with Crippen LogP contribution in [0.25, 0.3) is 0 Å². The van der Waals surface area contributed by atoms with Gasteiger partial charge in [-0.2, -0.15) is 0 Å². The highest BCUT2D eigenvalue weighted by atomic mass is 16.5. The predicted octanol–water partition coefficient (Wildman–Crippen LogP) is 3.40. The maximum absolute atomic E-state index is 12.0. The van der Waals surface area contributed by atoms with Gasteiger partial charge in [-0.3, -0.25) is 4.79 Å². The Hall–Kier alpha value is -1.57. The molecule has 3 rings (SSSR count). The van der Waals surface area contributed by atoms with Crippen LogP contribution >= 0.6 is 0 Å². The van der Waals surface area contributed by atoms with Gasteiger partial charge in [-0.15, -0.1) is 0 Å². The van der Waals surface area contributed by atoms with Crippen molar-refractivity contribution in [2.24, 2.45) is 0 Å². The molecule has 0 fully saturated rings. The number of Topliss-reactive ketones (excluding diaryl/α,β-unsaturated/α-hetero) is 1. The van der Waals surface area contributed by atoms with Crippen molar-refractivity contribution in [3.05, 3.63) is 41.5 Å². The summed E-state index contributed by atoms with van der Waals surface area (Å²) >= 11 is 0. The van der Waals surface area contributed by atoms with E-state index in [1.165, 1.54) is 5.56 Å². The van der Waals surface area contributed by atoms with E-state index in [4.69, 9.17) is 4.74 Å². The van der Waals surface area contributed by atoms with Gasteiger partial charge in [-0.1, -0.05) is 38.1 Å². The molecule has 2 atom stereocenters. The van der Waals surface area contributed by atoms with E-state index < -0.39 is 0 Å². The maximum Gasteiger partial charge on any atom is 0.162 e. The fourth-order valence-corrected chi connectivity index (χ4v) is 3.29. The van der Waals surface area contributed by atoms with Gasteiger partial charge in [0.05, 0.1) is 5.41 Å². The van der Waals surface area contributed by atoms with Crippen LogP contribution in [0.3, 0.4) is 0 Å². The van der Waals surface area contributed by atoms with Crippen LogP contribution in [0, 0.1) is 0 Å². The Morgan fingerprint density at radius 1 is 1.33 bits per heavy atom. The zero-order valence-corrected chi connectivity index (χ0v) is 10.9. The van der Waals surface area contributed by atoms with Crippen molar-refractivity contribution in [3.63, 3.8) is 0 Å².